The molecule has 0 amide bonds. The van der Waals surface area contributed by atoms with Gasteiger partial charge in [0.25, 0.3) is 0 Å². The number of nitrogens with zero attached hydrogens (tertiary/aromatic N) is 4. The average molecular weight is 365 g/mol. The summed E-state index contributed by atoms with van der Waals surface area (Å²) in [6.07, 6.45) is 3.25. The van der Waals surface area contributed by atoms with E-state index < -0.39 is 5.60 Å². The smallest absolute Gasteiger partial charge is 0.209 e. The van der Waals surface area contributed by atoms with Crippen LogP contribution >= 0.6 is 0 Å². The van der Waals surface area contributed by atoms with Crippen LogP contribution in [-0.4, -0.2) is 30.2 Å². The molecule has 1 aromatic carbocycles. The van der Waals surface area contributed by atoms with Gasteiger partial charge in [0.1, 0.15) is 17.2 Å². The van der Waals surface area contributed by atoms with E-state index in [4.69, 9.17) is 5.73 Å². The van der Waals surface area contributed by atoms with Gasteiger partial charge in [0.05, 0.1) is 0 Å². The monoisotopic (exact) mass is 365 g/mol. The molecule has 3 N–H and O–H groups in total. The lowest BCUT2D eigenvalue weighted by Crippen LogP contribution is -2.20. The van der Waals surface area contributed by atoms with Gasteiger partial charge in [0.15, 0.2) is 17.0 Å². The van der Waals surface area contributed by atoms with Crippen LogP contribution in [-0.2, 0) is 7.05 Å². The maximum absolute atomic E-state index is 13.9. The Morgan fingerprint density at radius 2 is 1.96 bits per heavy atom. The lowest BCUT2D eigenvalue weighted by molar-refractivity contribution is 0.110. The molecule has 27 heavy (non-hydrogen) atoms. The zero-order valence-corrected chi connectivity index (χ0v) is 15.3. The molecule has 1 saturated carbocycles. The first-order valence-electron chi connectivity index (χ1n) is 8.89. The molecule has 7 heteroatoms. The molecule has 4 rings (SSSR count). The number of nitrogen functional groups attached to an aromatic ring is 1. The average Bonchev–Trinajstić information content (AvgIpc) is 3.21. The van der Waals surface area contributed by atoms with E-state index in [-0.39, 0.29) is 17.5 Å². The molecule has 2 aromatic heterocycles. The van der Waals surface area contributed by atoms with Gasteiger partial charge in [-0.1, -0.05) is 18.1 Å². The molecule has 1 fully saturated rings. The number of imidazole rings is 1. The van der Waals surface area contributed by atoms with Crippen LogP contribution in [0.25, 0.3) is 22.6 Å². The van der Waals surface area contributed by atoms with E-state index in [2.05, 4.69) is 26.8 Å². The summed E-state index contributed by atoms with van der Waals surface area (Å²) in [5.41, 5.74) is 7.24. The highest BCUT2D eigenvalue weighted by molar-refractivity contribution is 5.86. The number of halogens is 1. The molecule has 0 aliphatic heterocycles. The first-order valence-corrected chi connectivity index (χ1v) is 8.89. The number of aryl methyl sites for hydroxylation is 1. The molecule has 0 atom stereocenters. The fraction of sp³-hybridized carbons (Fsp3) is 0.350. The number of fused-ring (bicyclic) bond motifs is 1. The summed E-state index contributed by atoms with van der Waals surface area (Å²) >= 11 is 0. The van der Waals surface area contributed by atoms with Crippen LogP contribution in [0.2, 0.25) is 0 Å². The third kappa shape index (κ3) is 3.02. The largest absolute Gasteiger partial charge is 0.382 e. The summed E-state index contributed by atoms with van der Waals surface area (Å²) in [5, 5.41) is 10.4. The molecule has 0 unspecified atom stereocenters. The van der Waals surface area contributed by atoms with Crippen LogP contribution in [0.5, 0.6) is 0 Å². The summed E-state index contributed by atoms with van der Waals surface area (Å²) in [4.78, 5) is 13.2. The highest BCUT2D eigenvalue weighted by atomic mass is 19.1. The molecule has 1 aliphatic carbocycles. The van der Waals surface area contributed by atoms with Crippen LogP contribution in [0, 0.1) is 24.6 Å². The Morgan fingerprint density at radius 3 is 2.70 bits per heavy atom. The summed E-state index contributed by atoms with van der Waals surface area (Å²) in [5.74, 6) is 6.45. The molecule has 0 saturated heterocycles. The lowest BCUT2D eigenvalue weighted by atomic mass is 10.0. The predicted molar refractivity (Wildman–Crippen MR) is 101 cm³/mol. The molecule has 138 valence electrons. The van der Waals surface area contributed by atoms with Crippen molar-refractivity contribution < 1.29 is 9.50 Å². The Morgan fingerprint density at radius 1 is 1.22 bits per heavy atom. The Kier molecular flexibility index (Phi) is 4.08. The van der Waals surface area contributed by atoms with Crippen LogP contribution in [0.1, 0.15) is 37.1 Å². The molecule has 0 radical (unpaired) electrons. The SMILES string of the molecule is Cc1c(F)cccc1-c1nc2c(N)nc(C#CC3(O)CCCC3)nc2n1C. The summed E-state index contributed by atoms with van der Waals surface area (Å²) in [6.45, 7) is 1.71. The van der Waals surface area contributed by atoms with Crippen molar-refractivity contribution in [2.75, 3.05) is 5.73 Å². The van der Waals surface area contributed by atoms with E-state index in [1.807, 2.05) is 0 Å². The van der Waals surface area contributed by atoms with Gasteiger partial charge in [-0.05, 0) is 50.2 Å². The molecular formula is C20H20FN5O. The van der Waals surface area contributed by atoms with Crippen molar-refractivity contribution in [2.45, 2.75) is 38.2 Å². The van der Waals surface area contributed by atoms with Gasteiger partial charge < -0.3 is 15.4 Å². The Bertz CT molecular complexity index is 1100. The van der Waals surface area contributed by atoms with Gasteiger partial charge in [-0.15, -0.1) is 0 Å². The fourth-order valence-corrected chi connectivity index (χ4v) is 3.49. The van der Waals surface area contributed by atoms with Crippen molar-refractivity contribution in [3.63, 3.8) is 0 Å². The first kappa shape index (κ1) is 17.4. The number of anilines is 1. The molecule has 0 spiro atoms. The summed E-state index contributed by atoms with van der Waals surface area (Å²) in [7, 11) is 1.79. The second kappa shape index (κ2) is 6.32. The van der Waals surface area contributed by atoms with E-state index in [1.54, 1.807) is 30.7 Å². The van der Waals surface area contributed by atoms with Gasteiger partial charge in [-0.25, -0.2) is 19.3 Å². The van der Waals surface area contributed by atoms with E-state index in [0.717, 1.165) is 12.8 Å². The van der Waals surface area contributed by atoms with Crippen molar-refractivity contribution in [1.82, 2.24) is 19.5 Å². The lowest BCUT2D eigenvalue weighted by Gasteiger charge is -2.12. The van der Waals surface area contributed by atoms with Gasteiger partial charge in [0.2, 0.25) is 5.82 Å². The minimum atomic E-state index is -0.969. The van der Waals surface area contributed by atoms with Gasteiger partial charge in [0, 0.05) is 12.6 Å². The molecule has 2 heterocycles. The third-order valence-corrected chi connectivity index (χ3v) is 5.09. The standard InChI is InChI=1S/C20H20FN5O/c1-12-13(6-5-7-14(12)21)18-25-16-17(22)23-15(24-19(16)26(18)2)8-11-20(27)9-3-4-10-20/h5-7,27H,3-4,9-10H2,1-2H3,(H2,22,23,24). The first-order chi connectivity index (χ1) is 12.9. The van der Waals surface area contributed by atoms with Crippen molar-refractivity contribution in [3.8, 4) is 23.2 Å². The number of aromatic nitrogens is 4. The quantitative estimate of drug-likeness (QED) is 0.647. The molecule has 1 aliphatic rings. The normalized spacial score (nSPS) is 15.7. The second-order valence-corrected chi connectivity index (χ2v) is 7.00. The maximum Gasteiger partial charge on any atom is 0.209 e. The van der Waals surface area contributed by atoms with Crippen molar-refractivity contribution in [2.24, 2.45) is 7.05 Å². The maximum atomic E-state index is 13.9. The minimum absolute atomic E-state index is 0.207. The van der Waals surface area contributed by atoms with E-state index in [9.17, 15) is 9.50 Å². The van der Waals surface area contributed by atoms with Gasteiger partial charge in [-0.2, -0.15) is 0 Å². The molecule has 6 nitrogen and oxygen atoms in total. The van der Waals surface area contributed by atoms with E-state index >= 15 is 0 Å². The Hall–Kier alpha value is -2.98. The minimum Gasteiger partial charge on any atom is -0.382 e. The zero-order valence-electron chi connectivity index (χ0n) is 15.3. The van der Waals surface area contributed by atoms with Gasteiger partial charge in [-0.3, -0.25) is 0 Å². The highest BCUT2D eigenvalue weighted by Crippen LogP contribution is 2.30. The predicted octanol–water partition coefficient (Wildman–Crippen LogP) is 2.72. The van der Waals surface area contributed by atoms with Crippen molar-refractivity contribution >= 4 is 17.0 Å². The van der Waals surface area contributed by atoms with Crippen LogP contribution in [0.15, 0.2) is 18.2 Å². The Balaban J connectivity index is 1.83. The molecular weight excluding hydrogens is 345 g/mol. The van der Waals surface area contributed by atoms with E-state index in [0.29, 0.717) is 41.0 Å². The fourth-order valence-electron chi connectivity index (χ4n) is 3.49. The van der Waals surface area contributed by atoms with Crippen molar-refractivity contribution in [1.29, 1.82) is 0 Å². The number of hydrogen-bond donors (Lipinski definition) is 2. The van der Waals surface area contributed by atoms with E-state index in [1.165, 1.54) is 6.07 Å². The van der Waals surface area contributed by atoms with Crippen molar-refractivity contribution in [3.05, 3.63) is 35.4 Å². The number of hydrogen-bond acceptors (Lipinski definition) is 5. The zero-order chi connectivity index (χ0) is 19.2. The summed E-state index contributed by atoms with van der Waals surface area (Å²) < 4.78 is 15.7. The topological polar surface area (TPSA) is 89.8 Å². The molecule has 0 bridgehead atoms. The summed E-state index contributed by atoms with van der Waals surface area (Å²) in [6, 6.07) is 4.86. The second-order valence-electron chi connectivity index (χ2n) is 7.00. The van der Waals surface area contributed by atoms with Crippen LogP contribution < -0.4 is 5.73 Å². The van der Waals surface area contributed by atoms with Crippen LogP contribution in [0.4, 0.5) is 10.2 Å². The Labute approximate surface area is 156 Å². The van der Waals surface area contributed by atoms with Gasteiger partial charge >= 0.3 is 0 Å². The molecule has 3 aromatic rings. The number of aliphatic hydroxyl groups is 1. The highest BCUT2D eigenvalue weighted by Gasteiger charge is 2.28. The number of nitrogens with two attached hydrogens (primary N) is 1. The third-order valence-electron chi connectivity index (χ3n) is 5.09. The van der Waals surface area contributed by atoms with Crippen LogP contribution in [0.3, 0.4) is 0 Å². The number of benzene rings is 1. The number of rotatable bonds is 1.